The molecule has 2 aliphatic rings. The normalized spacial score (nSPS) is 12.6. The number of rotatable bonds is 7. The van der Waals surface area contributed by atoms with Gasteiger partial charge in [-0.1, -0.05) is 231 Å². The van der Waals surface area contributed by atoms with E-state index in [0.29, 0.717) is 0 Å². The van der Waals surface area contributed by atoms with Gasteiger partial charge in [0.05, 0.1) is 11.4 Å². The van der Waals surface area contributed by atoms with Gasteiger partial charge in [0.1, 0.15) is 11.2 Å². The number of para-hydroxylation sites is 4. The molecule has 2 aromatic heterocycles. The van der Waals surface area contributed by atoms with Gasteiger partial charge in [0.2, 0.25) is 0 Å². The molecule has 0 unspecified atom stereocenters. The third-order valence-electron chi connectivity index (χ3n) is 16.1. The summed E-state index contributed by atoms with van der Waals surface area (Å²) in [6, 6.07) is 101. The summed E-state index contributed by atoms with van der Waals surface area (Å²) in [6.07, 6.45) is 0. The van der Waals surface area contributed by atoms with E-state index in [2.05, 4.69) is 283 Å². The molecule has 0 atom stereocenters. The second-order valence-corrected chi connectivity index (χ2v) is 21.3. The third-order valence-corrected chi connectivity index (χ3v) is 17.3. The molecule has 2 aliphatic heterocycles. The molecule has 16 rings (SSSR count). The first-order chi connectivity index (χ1) is 38.2. The van der Waals surface area contributed by atoms with Crippen molar-refractivity contribution in [3.63, 3.8) is 0 Å². The molecule has 4 heterocycles. The van der Waals surface area contributed by atoms with Gasteiger partial charge < -0.3 is 14.2 Å². The van der Waals surface area contributed by atoms with E-state index in [4.69, 9.17) is 4.42 Å². The first-order valence-electron chi connectivity index (χ1n) is 26.4. The van der Waals surface area contributed by atoms with E-state index < -0.39 is 0 Å². The zero-order chi connectivity index (χ0) is 50.6. The minimum absolute atomic E-state index is 0.164. The van der Waals surface area contributed by atoms with Crippen LogP contribution in [-0.2, 0) is 0 Å². The lowest BCUT2D eigenvalue weighted by molar-refractivity contribution is 0.670. The van der Waals surface area contributed by atoms with Crippen molar-refractivity contribution in [2.75, 3.05) is 9.80 Å². The third kappa shape index (κ3) is 6.77. The highest BCUT2D eigenvalue weighted by Gasteiger charge is 2.44. The van der Waals surface area contributed by atoms with Crippen LogP contribution in [0.15, 0.2) is 277 Å². The summed E-state index contributed by atoms with van der Waals surface area (Å²) in [4.78, 5) is 5.15. The smallest absolute Gasteiger partial charge is 0.252 e. The Kier molecular flexibility index (Phi) is 9.91. The number of fused-ring (bicyclic) bond motifs is 10. The van der Waals surface area contributed by atoms with Crippen molar-refractivity contribution in [2.45, 2.75) is 0 Å². The molecular weight excluding hydrogens is 952 g/mol. The lowest BCUT2D eigenvalue weighted by Gasteiger charge is -2.45. The number of anilines is 6. The molecule has 0 saturated carbocycles. The standard InChI is InChI=1S/C72H45BN2OS/c1-4-20-46(21-5-1)51-26-10-13-35-62(51)74-63-42-40-49(54-31-17-33-58-56-27-11-14-38-67(56)76-71(54)58)44-60(63)73-61-45-50(55-32-18-34-59-57-28-12-15-39-68(57)77-72(55)59)41-43-64(61)75(66-37-19-36-65(74)69(66)73)70-52(47-22-6-2-7-23-47)29-16-30-53(70)48-24-8-3-9-25-48/h1-45H. The van der Waals surface area contributed by atoms with Gasteiger partial charge in [0, 0.05) is 75.9 Å². The Bertz CT molecular complexity index is 4600. The van der Waals surface area contributed by atoms with Gasteiger partial charge >= 0.3 is 0 Å². The van der Waals surface area contributed by atoms with Crippen molar-refractivity contribution in [1.29, 1.82) is 0 Å². The highest BCUT2D eigenvalue weighted by atomic mass is 32.1. The van der Waals surface area contributed by atoms with Gasteiger partial charge in [-0.2, -0.15) is 0 Å². The summed E-state index contributed by atoms with van der Waals surface area (Å²) in [5, 5.41) is 4.83. The van der Waals surface area contributed by atoms with E-state index in [-0.39, 0.29) is 6.71 Å². The van der Waals surface area contributed by atoms with Crippen molar-refractivity contribution in [1.82, 2.24) is 0 Å². The summed E-state index contributed by atoms with van der Waals surface area (Å²) in [5.74, 6) is 0. The molecule has 0 radical (unpaired) electrons. The Morgan fingerprint density at radius 1 is 0.312 bits per heavy atom. The van der Waals surface area contributed by atoms with Crippen LogP contribution in [-0.4, -0.2) is 6.71 Å². The molecule has 77 heavy (non-hydrogen) atoms. The fourth-order valence-electron chi connectivity index (χ4n) is 12.7. The molecule has 0 fully saturated rings. The molecule has 358 valence electrons. The maximum absolute atomic E-state index is 6.80. The monoisotopic (exact) mass is 996 g/mol. The lowest BCUT2D eigenvalue weighted by atomic mass is 9.33. The Morgan fingerprint density at radius 3 is 1.51 bits per heavy atom. The quantitative estimate of drug-likeness (QED) is 0.148. The van der Waals surface area contributed by atoms with Gasteiger partial charge in [-0.25, -0.2) is 0 Å². The SMILES string of the molecule is c1ccc(-c2ccccc2N2c3ccc(-c4cccc5c4oc4ccccc45)cc3B3c4cc(-c5cccc6c5sc5ccccc56)ccc4N(c4c(-c5ccccc5)cccc4-c4ccccc4)c4cccc2c43)cc1. The average molecular weight is 997 g/mol. The van der Waals surface area contributed by atoms with Crippen molar-refractivity contribution in [2.24, 2.45) is 0 Å². The number of hydrogen-bond donors (Lipinski definition) is 0. The molecular formula is C72H45BN2OS. The fraction of sp³-hybridized carbons (Fsp3) is 0. The Hall–Kier alpha value is -9.68. The van der Waals surface area contributed by atoms with Crippen LogP contribution in [0.4, 0.5) is 34.1 Å². The highest BCUT2D eigenvalue weighted by Crippen LogP contribution is 2.52. The molecule has 0 saturated heterocycles. The number of furan rings is 1. The van der Waals surface area contributed by atoms with Crippen molar-refractivity contribution >= 4 is 111 Å². The Morgan fingerprint density at radius 2 is 0.792 bits per heavy atom. The van der Waals surface area contributed by atoms with E-state index in [9.17, 15) is 0 Å². The molecule has 5 heteroatoms. The maximum Gasteiger partial charge on any atom is 0.252 e. The fourth-order valence-corrected chi connectivity index (χ4v) is 14.0. The van der Waals surface area contributed by atoms with Crippen LogP contribution in [0.2, 0.25) is 0 Å². The Labute approximate surface area is 450 Å². The molecule has 0 aliphatic carbocycles. The second-order valence-electron chi connectivity index (χ2n) is 20.2. The largest absolute Gasteiger partial charge is 0.455 e. The summed E-state index contributed by atoms with van der Waals surface area (Å²) in [7, 11) is 0. The van der Waals surface area contributed by atoms with Crippen LogP contribution < -0.4 is 26.2 Å². The summed E-state index contributed by atoms with van der Waals surface area (Å²) in [6.45, 7) is -0.164. The molecule has 0 bridgehead atoms. The van der Waals surface area contributed by atoms with Gasteiger partial charge in [0.25, 0.3) is 6.71 Å². The minimum Gasteiger partial charge on any atom is -0.455 e. The average Bonchev–Trinajstić information content (AvgIpc) is 4.13. The zero-order valence-electron chi connectivity index (χ0n) is 41.8. The number of hydrogen-bond acceptors (Lipinski definition) is 4. The van der Waals surface area contributed by atoms with E-state index >= 15 is 0 Å². The Balaban J connectivity index is 1.03. The molecule has 3 nitrogen and oxygen atoms in total. The van der Waals surface area contributed by atoms with E-state index in [1.54, 1.807) is 0 Å². The summed E-state index contributed by atoms with van der Waals surface area (Å²) < 4.78 is 9.40. The van der Waals surface area contributed by atoms with E-state index in [1.807, 2.05) is 11.3 Å². The van der Waals surface area contributed by atoms with Crippen LogP contribution >= 0.6 is 11.3 Å². The first-order valence-corrected chi connectivity index (χ1v) is 27.3. The predicted octanol–water partition coefficient (Wildman–Crippen LogP) is 18.4. The minimum atomic E-state index is -0.164. The van der Waals surface area contributed by atoms with Gasteiger partial charge in [-0.3, -0.25) is 0 Å². The van der Waals surface area contributed by atoms with Crippen LogP contribution in [0.1, 0.15) is 0 Å². The van der Waals surface area contributed by atoms with E-state index in [0.717, 1.165) is 89.4 Å². The molecule has 14 aromatic rings. The van der Waals surface area contributed by atoms with Crippen LogP contribution in [0.5, 0.6) is 0 Å². The number of nitrogens with zero attached hydrogens (tertiary/aromatic N) is 2. The predicted molar refractivity (Wildman–Crippen MR) is 328 cm³/mol. The van der Waals surface area contributed by atoms with Crippen LogP contribution in [0.3, 0.4) is 0 Å². The molecule has 0 spiro atoms. The summed E-state index contributed by atoms with van der Waals surface area (Å²) >= 11 is 1.89. The van der Waals surface area contributed by atoms with Crippen molar-refractivity contribution < 1.29 is 4.42 Å². The van der Waals surface area contributed by atoms with Crippen molar-refractivity contribution in [3.8, 4) is 55.6 Å². The highest BCUT2D eigenvalue weighted by molar-refractivity contribution is 7.26. The van der Waals surface area contributed by atoms with Gasteiger partial charge in [-0.15, -0.1) is 11.3 Å². The lowest BCUT2D eigenvalue weighted by Crippen LogP contribution is -2.61. The summed E-state index contributed by atoms with van der Waals surface area (Å²) in [5.41, 5.74) is 24.0. The molecule has 0 amide bonds. The topological polar surface area (TPSA) is 19.6 Å². The van der Waals surface area contributed by atoms with Crippen LogP contribution in [0, 0.1) is 0 Å². The molecule has 12 aromatic carbocycles. The van der Waals surface area contributed by atoms with Crippen molar-refractivity contribution in [3.05, 3.63) is 273 Å². The number of benzene rings is 12. The van der Waals surface area contributed by atoms with E-state index in [1.165, 1.54) is 58.8 Å². The van der Waals surface area contributed by atoms with Gasteiger partial charge in [-0.05, 0) is 92.2 Å². The molecule has 0 N–H and O–H groups in total. The second kappa shape index (κ2) is 17.5. The zero-order valence-corrected chi connectivity index (χ0v) is 42.6. The first kappa shape index (κ1) is 43.7. The van der Waals surface area contributed by atoms with Gasteiger partial charge in [0.15, 0.2) is 0 Å². The number of thiophene rings is 1. The van der Waals surface area contributed by atoms with Crippen LogP contribution in [0.25, 0.3) is 97.7 Å². The maximum atomic E-state index is 6.80.